The first-order chi connectivity index (χ1) is 5.15. The Morgan fingerprint density at radius 2 is 2.27 bits per heavy atom. The van der Waals surface area contributed by atoms with Gasteiger partial charge >= 0.3 is 0 Å². The summed E-state index contributed by atoms with van der Waals surface area (Å²) in [7, 11) is 2.01. The molecule has 64 valence electrons. The van der Waals surface area contributed by atoms with Crippen LogP contribution >= 0.6 is 0 Å². The molecule has 1 saturated heterocycles. The zero-order valence-electron chi connectivity index (χ0n) is 6.69. The topological polar surface area (TPSA) is 3.24 Å². The molecular weight excluding hydrogens is 148 g/mol. The van der Waals surface area contributed by atoms with Crippen LogP contribution < -0.4 is 0 Å². The Morgan fingerprint density at radius 3 is 2.82 bits per heavy atom. The monoisotopic (exact) mass is 161 g/mol. The Balaban J connectivity index is 2.02. The highest BCUT2D eigenvalue weighted by atomic mass is 19.3. The molecule has 0 amide bonds. The summed E-state index contributed by atoms with van der Waals surface area (Å²) in [4.78, 5) is 2.15. The molecule has 1 aliphatic heterocycles. The summed E-state index contributed by atoms with van der Waals surface area (Å²) < 4.78 is 24.9. The van der Waals surface area contributed by atoms with Gasteiger partial charge in [0.15, 0.2) is 0 Å². The number of fused-ring (bicyclic) bond motifs is 1. The van der Waals surface area contributed by atoms with Gasteiger partial charge in [-0.25, -0.2) is 8.78 Å². The predicted molar refractivity (Wildman–Crippen MR) is 38.7 cm³/mol. The number of rotatable bonds is 1. The number of likely N-dealkylation sites (tertiary alicyclic amines) is 1. The van der Waals surface area contributed by atoms with Gasteiger partial charge < -0.3 is 4.90 Å². The second kappa shape index (κ2) is 2.16. The van der Waals surface area contributed by atoms with Gasteiger partial charge in [0.1, 0.15) is 0 Å². The van der Waals surface area contributed by atoms with Crippen molar-refractivity contribution in [1.82, 2.24) is 4.90 Å². The lowest BCUT2D eigenvalue weighted by Crippen LogP contribution is -2.34. The van der Waals surface area contributed by atoms with Gasteiger partial charge in [-0.15, -0.1) is 0 Å². The third-order valence-electron chi connectivity index (χ3n) is 3.20. The number of alkyl halides is 2. The van der Waals surface area contributed by atoms with Gasteiger partial charge in [0.25, 0.3) is 0 Å². The fraction of sp³-hybridized carbons (Fsp3) is 1.00. The number of nitrogens with zero attached hydrogens (tertiary/aromatic N) is 1. The molecule has 0 radical (unpaired) electrons. The summed E-state index contributed by atoms with van der Waals surface area (Å²) in [5.74, 6) is 0.293. The normalized spacial score (nSPS) is 44.2. The first kappa shape index (κ1) is 7.47. The zero-order valence-corrected chi connectivity index (χ0v) is 6.69. The average Bonchev–Trinajstić information content (AvgIpc) is 2.62. The van der Waals surface area contributed by atoms with E-state index in [9.17, 15) is 8.78 Å². The molecule has 0 aromatic carbocycles. The maximum Gasteiger partial charge on any atom is 0.244 e. The van der Waals surface area contributed by atoms with E-state index in [1.54, 1.807) is 0 Å². The van der Waals surface area contributed by atoms with Gasteiger partial charge in [-0.2, -0.15) is 0 Å². The number of halogens is 2. The molecular formula is C8H13F2N. The lowest BCUT2D eigenvalue weighted by Gasteiger charge is -2.27. The Bertz CT molecular complexity index is 171. The predicted octanol–water partition coefficient (Wildman–Crippen LogP) is 1.59. The van der Waals surface area contributed by atoms with Gasteiger partial charge in [0, 0.05) is 12.0 Å². The minimum absolute atomic E-state index is 0.293. The lowest BCUT2D eigenvalue weighted by molar-refractivity contribution is 0.0235. The molecule has 11 heavy (non-hydrogen) atoms. The summed E-state index contributed by atoms with van der Waals surface area (Å²) in [6.45, 7) is 1.73. The van der Waals surface area contributed by atoms with Crippen molar-refractivity contribution in [3.63, 3.8) is 0 Å². The summed E-state index contributed by atoms with van der Waals surface area (Å²) in [6, 6.07) is 0. The van der Waals surface area contributed by atoms with Crippen molar-refractivity contribution in [3.8, 4) is 0 Å². The van der Waals surface area contributed by atoms with Crippen LogP contribution in [0.4, 0.5) is 8.78 Å². The van der Waals surface area contributed by atoms with Crippen molar-refractivity contribution < 1.29 is 8.78 Å². The van der Waals surface area contributed by atoms with E-state index in [1.807, 2.05) is 7.05 Å². The van der Waals surface area contributed by atoms with E-state index in [4.69, 9.17) is 0 Å². The second-order valence-corrected chi connectivity index (χ2v) is 3.95. The van der Waals surface area contributed by atoms with Crippen molar-refractivity contribution in [3.05, 3.63) is 0 Å². The minimum Gasteiger partial charge on any atom is -0.306 e. The molecule has 2 fully saturated rings. The SMILES string of the molecule is CN1CCC2(C(F)F)CC2C1. The van der Waals surface area contributed by atoms with Crippen LogP contribution in [-0.4, -0.2) is 31.5 Å². The van der Waals surface area contributed by atoms with Crippen molar-refractivity contribution in [2.75, 3.05) is 20.1 Å². The van der Waals surface area contributed by atoms with E-state index in [0.29, 0.717) is 12.3 Å². The second-order valence-electron chi connectivity index (χ2n) is 3.95. The zero-order chi connectivity index (χ0) is 8.06. The highest BCUT2D eigenvalue weighted by Gasteiger charge is 2.61. The van der Waals surface area contributed by atoms with Crippen LogP contribution in [-0.2, 0) is 0 Å². The molecule has 0 bridgehead atoms. The van der Waals surface area contributed by atoms with E-state index in [1.165, 1.54) is 0 Å². The van der Waals surface area contributed by atoms with E-state index < -0.39 is 11.8 Å². The van der Waals surface area contributed by atoms with Crippen LogP contribution in [0.2, 0.25) is 0 Å². The maximum atomic E-state index is 12.5. The van der Waals surface area contributed by atoms with Gasteiger partial charge in [0.05, 0.1) is 0 Å². The fourth-order valence-corrected chi connectivity index (χ4v) is 2.20. The van der Waals surface area contributed by atoms with Crippen molar-refractivity contribution in [1.29, 1.82) is 0 Å². The van der Waals surface area contributed by atoms with Crippen molar-refractivity contribution in [2.45, 2.75) is 19.3 Å². The van der Waals surface area contributed by atoms with Crippen molar-refractivity contribution >= 4 is 0 Å². The minimum atomic E-state index is -2.08. The molecule has 2 unspecified atom stereocenters. The van der Waals surface area contributed by atoms with E-state index in [2.05, 4.69) is 4.90 Å². The molecule has 1 nitrogen and oxygen atoms in total. The molecule has 2 rings (SSSR count). The Morgan fingerprint density at radius 1 is 1.55 bits per heavy atom. The van der Waals surface area contributed by atoms with Crippen LogP contribution in [0.25, 0.3) is 0 Å². The fourth-order valence-electron chi connectivity index (χ4n) is 2.20. The van der Waals surface area contributed by atoms with Gasteiger partial charge in [-0.05, 0) is 32.4 Å². The highest BCUT2D eigenvalue weighted by Crippen LogP contribution is 2.61. The number of hydrogen-bond donors (Lipinski definition) is 0. The Labute approximate surface area is 65.4 Å². The molecule has 0 N–H and O–H groups in total. The van der Waals surface area contributed by atoms with Crippen LogP contribution in [0.15, 0.2) is 0 Å². The Hall–Kier alpha value is -0.180. The van der Waals surface area contributed by atoms with E-state index >= 15 is 0 Å². The van der Waals surface area contributed by atoms with Crippen LogP contribution in [0, 0.1) is 11.3 Å². The third kappa shape index (κ3) is 0.975. The summed E-state index contributed by atoms with van der Waals surface area (Å²) in [5.41, 5.74) is -0.549. The van der Waals surface area contributed by atoms with Crippen LogP contribution in [0.5, 0.6) is 0 Å². The standard InChI is InChI=1S/C8H13F2N/c1-11-3-2-8(7(9)10)4-6(8)5-11/h6-7H,2-5H2,1H3. The molecule has 3 heteroatoms. The highest BCUT2D eigenvalue weighted by molar-refractivity contribution is 5.07. The molecule has 2 aliphatic rings. The molecule has 0 aromatic heterocycles. The average molecular weight is 161 g/mol. The lowest BCUT2D eigenvalue weighted by atomic mass is 9.96. The van der Waals surface area contributed by atoms with Gasteiger partial charge in [-0.1, -0.05) is 0 Å². The molecule has 0 spiro atoms. The Kier molecular flexibility index (Phi) is 1.46. The summed E-state index contributed by atoms with van der Waals surface area (Å²) in [6.07, 6.45) is -0.623. The van der Waals surface area contributed by atoms with Crippen molar-refractivity contribution in [2.24, 2.45) is 11.3 Å². The van der Waals surface area contributed by atoms with Gasteiger partial charge in [-0.3, -0.25) is 0 Å². The molecule has 1 aliphatic carbocycles. The molecule has 1 heterocycles. The maximum absolute atomic E-state index is 12.5. The first-order valence-corrected chi connectivity index (χ1v) is 4.12. The summed E-state index contributed by atoms with van der Waals surface area (Å²) >= 11 is 0. The van der Waals surface area contributed by atoms with Gasteiger partial charge in [0.2, 0.25) is 6.43 Å². The van der Waals surface area contributed by atoms with Crippen LogP contribution in [0.3, 0.4) is 0 Å². The molecule has 2 atom stereocenters. The smallest absolute Gasteiger partial charge is 0.244 e. The first-order valence-electron chi connectivity index (χ1n) is 4.12. The largest absolute Gasteiger partial charge is 0.306 e. The third-order valence-corrected chi connectivity index (χ3v) is 3.20. The quantitative estimate of drug-likeness (QED) is 0.564. The molecule has 0 aromatic rings. The molecule has 1 saturated carbocycles. The van der Waals surface area contributed by atoms with E-state index in [-0.39, 0.29) is 0 Å². The summed E-state index contributed by atoms with van der Waals surface area (Å²) in [5, 5.41) is 0. The van der Waals surface area contributed by atoms with Crippen LogP contribution in [0.1, 0.15) is 12.8 Å². The number of hydrogen-bond acceptors (Lipinski definition) is 1. The number of piperidine rings is 1. The van der Waals surface area contributed by atoms with E-state index in [0.717, 1.165) is 19.5 Å².